The second kappa shape index (κ2) is 6.45. The van der Waals surface area contributed by atoms with Gasteiger partial charge in [0, 0.05) is 5.92 Å². The quantitative estimate of drug-likeness (QED) is 0.538. The van der Waals surface area contributed by atoms with Crippen molar-refractivity contribution in [1.82, 2.24) is 0 Å². The molecular weight excluding hydrogens is 340 g/mol. The van der Waals surface area contributed by atoms with Gasteiger partial charge in [0.05, 0.1) is 5.66 Å². The standard InChI is InChI=1S/C26H22N2/c27-26(28)17-22-15-20-13-7-8-14-21(20)16-23(22)24(18-9-3-1-4-10-18)25(26)19-11-5-2-6-12-19/h1-17,25H,27-28H2. The zero-order valence-electron chi connectivity index (χ0n) is 15.5. The lowest BCUT2D eigenvalue weighted by molar-refractivity contribution is 0.530. The topological polar surface area (TPSA) is 52.0 Å². The molecule has 1 atom stereocenters. The number of nitrogens with two attached hydrogens (primary N) is 2. The van der Waals surface area contributed by atoms with Crippen LogP contribution in [0.1, 0.15) is 17.0 Å². The van der Waals surface area contributed by atoms with E-state index in [4.69, 9.17) is 11.5 Å². The SMILES string of the molecule is NC1(N)C=c2cc3ccccc3cc2=C(c2ccccc2)C1c1ccccc1. The smallest absolute Gasteiger partial charge is 0.0949 e. The molecule has 1 aliphatic carbocycles. The number of hydrogen-bond donors (Lipinski definition) is 2. The molecule has 28 heavy (non-hydrogen) atoms. The molecule has 0 spiro atoms. The third-order valence-corrected chi connectivity index (χ3v) is 5.62. The number of hydrogen-bond acceptors (Lipinski definition) is 2. The van der Waals surface area contributed by atoms with Gasteiger partial charge in [0.15, 0.2) is 0 Å². The first kappa shape index (κ1) is 16.9. The van der Waals surface area contributed by atoms with Crippen molar-refractivity contribution in [3.8, 4) is 0 Å². The minimum atomic E-state index is -0.984. The summed E-state index contributed by atoms with van der Waals surface area (Å²) in [7, 11) is 0. The highest BCUT2D eigenvalue weighted by atomic mass is 15.0. The average Bonchev–Trinajstić information content (AvgIpc) is 2.72. The summed E-state index contributed by atoms with van der Waals surface area (Å²) in [6, 6.07) is 33.7. The lowest BCUT2D eigenvalue weighted by Crippen LogP contribution is -2.58. The third kappa shape index (κ3) is 2.75. The van der Waals surface area contributed by atoms with Crippen molar-refractivity contribution in [1.29, 1.82) is 0 Å². The number of benzene rings is 4. The predicted molar refractivity (Wildman–Crippen MR) is 117 cm³/mol. The zero-order valence-corrected chi connectivity index (χ0v) is 15.5. The normalized spacial score (nSPS) is 17.8. The van der Waals surface area contributed by atoms with Gasteiger partial charge in [0.25, 0.3) is 0 Å². The lowest BCUT2D eigenvalue weighted by Gasteiger charge is -2.37. The third-order valence-electron chi connectivity index (χ3n) is 5.62. The first-order valence-electron chi connectivity index (χ1n) is 9.57. The monoisotopic (exact) mass is 362 g/mol. The van der Waals surface area contributed by atoms with Gasteiger partial charge in [-0.15, -0.1) is 0 Å². The maximum atomic E-state index is 6.74. The minimum absolute atomic E-state index is 0.134. The van der Waals surface area contributed by atoms with Crippen LogP contribution in [0, 0.1) is 0 Å². The van der Waals surface area contributed by atoms with Crippen molar-refractivity contribution < 1.29 is 0 Å². The van der Waals surface area contributed by atoms with Crippen molar-refractivity contribution in [3.05, 3.63) is 119 Å². The molecule has 0 aliphatic heterocycles. The summed E-state index contributed by atoms with van der Waals surface area (Å²) in [6.45, 7) is 0. The van der Waals surface area contributed by atoms with Gasteiger partial charge in [-0.3, -0.25) is 0 Å². The molecule has 4 N–H and O–H groups in total. The summed E-state index contributed by atoms with van der Waals surface area (Å²) in [5.74, 6) is -0.134. The van der Waals surface area contributed by atoms with Crippen LogP contribution in [0.4, 0.5) is 0 Å². The van der Waals surface area contributed by atoms with Crippen LogP contribution in [-0.4, -0.2) is 5.66 Å². The number of rotatable bonds is 2. The van der Waals surface area contributed by atoms with E-state index >= 15 is 0 Å². The fraction of sp³-hybridized carbons (Fsp3) is 0.0769. The van der Waals surface area contributed by atoms with Crippen molar-refractivity contribution in [3.63, 3.8) is 0 Å². The van der Waals surface area contributed by atoms with E-state index in [-0.39, 0.29) is 5.92 Å². The Hall–Kier alpha value is -3.20. The Kier molecular flexibility index (Phi) is 3.90. The zero-order chi connectivity index (χ0) is 19.1. The molecule has 0 saturated heterocycles. The minimum Gasteiger partial charge on any atom is -0.309 e. The van der Waals surface area contributed by atoms with Crippen LogP contribution in [0.5, 0.6) is 0 Å². The fourth-order valence-electron chi connectivity index (χ4n) is 4.41. The summed E-state index contributed by atoms with van der Waals surface area (Å²) >= 11 is 0. The van der Waals surface area contributed by atoms with E-state index in [0.717, 1.165) is 16.3 Å². The summed E-state index contributed by atoms with van der Waals surface area (Å²) in [5, 5.41) is 4.70. The average molecular weight is 362 g/mol. The van der Waals surface area contributed by atoms with Crippen LogP contribution in [0.15, 0.2) is 97.1 Å². The molecule has 1 unspecified atom stereocenters. The van der Waals surface area contributed by atoms with E-state index in [1.807, 2.05) is 30.3 Å². The van der Waals surface area contributed by atoms with Crippen LogP contribution < -0.4 is 21.9 Å². The van der Waals surface area contributed by atoms with Crippen molar-refractivity contribution >= 4 is 22.4 Å². The molecule has 5 rings (SSSR count). The molecule has 1 aliphatic rings. The number of fused-ring (bicyclic) bond motifs is 2. The molecule has 4 aromatic rings. The molecule has 0 aromatic heterocycles. The highest BCUT2D eigenvalue weighted by molar-refractivity contribution is 5.86. The Balaban J connectivity index is 1.94. The second-order valence-corrected chi connectivity index (χ2v) is 7.55. The molecule has 0 amide bonds. The van der Waals surface area contributed by atoms with Crippen LogP contribution in [0.3, 0.4) is 0 Å². The van der Waals surface area contributed by atoms with Gasteiger partial charge < -0.3 is 11.5 Å². The molecule has 4 aromatic carbocycles. The lowest BCUT2D eigenvalue weighted by atomic mass is 9.74. The largest absolute Gasteiger partial charge is 0.309 e. The van der Waals surface area contributed by atoms with Crippen LogP contribution >= 0.6 is 0 Å². The summed E-state index contributed by atoms with van der Waals surface area (Å²) in [6.07, 6.45) is 2.03. The summed E-state index contributed by atoms with van der Waals surface area (Å²) in [4.78, 5) is 0. The van der Waals surface area contributed by atoms with E-state index in [9.17, 15) is 0 Å². The maximum Gasteiger partial charge on any atom is 0.0949 e. The van der Waals surface area contributed by atoms with E-state index in [0.29, 0.717) is 0 Å². The van der Waals surface area contributed by atoms with Crippen LogP contribution in [-0.2, 0) is 0 Å². The molecule has 2 nitrogen and oxygen atoms in total. The van der Waals surface area contributed by atoms with E-state index in [2.05, 4.69) is 72.8 Å². The van der Waals surface area contributed by atoms with E-state index in [1.54, 1.807) is 0 Å². The van der Waals surface area contributed by atoms with Gasteiger partial charge in [-0.05, 0) is 56.1 Å². The first-order valence-corrected chi connectivity index (χ1v) is 9.57. The molecule has 0 radical (unpaired) electrons. The fourth-order valence-corrected chi connectivity index (χ4v) is 4.41. The van der Waals surface area contributed by atoms with Gasteiger partial charge >= 0.3 is 0 Å². The Labute approximate surface area is 164 Å². The van der Waals surface area contributed by atoms with Crippen LogP contribution in [0.25, 0.3) is 22.4 Å². The highest BCUT2D eigenvalue weighted by Crippen LogP contribution is 2.37. The van der Waals surface area contributed by atoms with Crippen molar-refractivity contribution in [2.45, 2.75) is 11.6 Å². The van der Waals surface area contributed by atoms with E-state index < -0.39 is 5.66 Å². The molecule has 0 bridgehead atoms. The molecule has 136 valence electrons. The van der Waals surface area contributed by atoms with Gasteiger partial charge in [-0.2, -0.15) is 0 Å². The first-order chi connectivity index (χ1) is 13.6. The molecule has 0 heterocycles. The summed E-state index contributed by atoms with van der Waals surface area (Å²) in [5.41, 5.74) is 16.0. The molecule has 0 fully saturated rings. The maximum absolute atomic E-state index is 6.74. The molecule has 2 heteroatoms. The van der Waals surface area contributed by atoms with Crippen molar-refractivity contribution in [2.75, 3.05) is 0 Å². The summed E-state index contributed by atoms with van der Waals surface area (Å²) < 4.78 is 0. The van der Waals surface area contributed by atoms with Gasteiger partial charge in [-0.25, -0.2) is 0 Å². The Morgan fingerprint density at radius 3 is 1.89 bits per heavy atom. The van der Waals surface area contributed by atoms with E-state index in [1.165, 1.54) is 21.6 Å². The van der Waals surface area contributed by atoms with Gasteiger partial charge in [0.1, 0.15) is 0 Å². The van der Waals surface area contributed by atoms with Crippen LogP contribution in [0.2, 0.25) is 0 Å². The Bertz CT molecular complexity index is 1270. The van der Waals surface area contributed by atoms with Crippen molar-refractivity contribution in [2.24, 2.45) is 11.5 Å². The van der Waals surface area contributed by atoms with Gasteiger partial charge in [-0.1, -0.05) is 84.9 Å². The molecular formula is C26H22N2. The highest BCUT2D eigenvalue weighted by Gasteiger charge is 2.36. The Morgan fingerprint density at radius 2 is 1.21 bits per heavy atom. The second-order valence-electron chi connectivity index (χ2n) is 7.55. The molecule has 0 saturated carbocycles. The van der Waals surface area contributed by atoms with Gasteiger partial charge in [0.2, 0.25) is 0 Å². The predicted octanol–water partition coefficient (Wildman–Crippen LogP) is 3.23. The Morgan fingerprint density at radius 1 is 0.643 bits per heavy atom.